The Kier molecular flexibility index (Phi) is 30.4. The number of aromatic carboxylic acids is 1. The summed E-state index contributed by atoms with van der Waals surface area (Å²) in [6, 6.07) is 3.94. The third-order valence-corrected chi connectivity index (χ3v) is 9.13. The molecule has 0 aliphatic carbocycles. The molecule has 1 rings (SSSR count). The van der Waals surface area contributed by atoms with Crippen LogP contribution in [0.25, 0.3) is 0 Å². The number of unbranched alkanes of at least 4 members (excludes halogenated alkanes) is 9. The van der Waals surface area contributed by atoms with Crippen molar-refractivity contribution < 1.29 is 58.0 Å². The molecule has 0 spiro atoms. The molecular weight excluding hydrogens is 768 g/mol. The predicted octanol–water partition coefficient (Wildman–Crippen LogP) is 2.11. The van der Waals surface area contributed by atoms with E-state index in [1.165, 1.54) is 12.1 Å². The van der Waals surface area contributed by atoms with Gasteiger partial charge in [-0.25, -0.2) is 9.59 Å². The van der Waals surface area contributed by atoms with Crippen LogP contribution in [0.4, 0.5) is 0 Å². The number of carbonyl (C=O) groups excluding carboxylic acids is 5. The van der Waals surface area contributed by atoms with Gasteiger partial charge in [0, 0.05) is 32.5 Å². The summed E-state index contributed by atoms with van der Waals surface area (Å²) in [5.41, 5.74) is 11.6. The van der Waals surface area contributed by atoms with Crippen LogP contribution in [-0.4, -0.2) is 123 Å². The quantitative estimate of drug-likeness (QED) is 0.0443. The lowest BCUT2D eigenvalue weighted by Gasteiger charge is -2.14. The number of aliphatic carboxylic acids is 1. The number of hydrogen-bond donors (Lipinski definition) is 8. The minimum Gasteiger partial charge on any atom is -0.494 e. The smallest absolute Gasteiger partial charge is 0.335 e. The standard InChI is InChI=1S/C41H67N6O12/c42-32(29-48)13-8-10-23-46-39(52)34(43)14-9-11-22-44-38(51)30-58-28-27-57-26-24-45-36(49)21-20-35(41(55)56)47-37(50)15-7-5-3-1-2-4-6-12-25-59-33-18-16-31(17-19-33)40(53)54/h16-19,32,34-35H,1-15,20-28,30,42-43H2,(H,44,51)(H,45,49)(H,46,52)(H,47,50)(H,53,54)(H,55,56)/t32-,34-,35-/m0/s1. The molecule has 333 valence electrons. The van der Waals surface area contributed by atoms with E-state index in [9.17, 15) is 38.7 Å². The lowest BCUT2D eigenvalue weighted by atomic mass is 10.1. The van der Waals surface area contributed by atoms with E-state index in [-0.39, 0.29) is 81.4 Å². The second-order valence-electron chi connectivity index (χ2n) is 14.2. The Balaban J connectivity index is 1.97. The number of rotatable bonds is 38. The van der Waals surface area contributed by atoms with Crippen molar-refractivity contribution in [2.45, 2.75) is 127 Å². The SMILES string of the molecule is N[C@H]([C]=O)CCCCNC(=O)[C@@H](N)CCCCNC(=O)COCCOCCNC(=O)CC[C@H](NC(=O)CCCCCCCCCCOc1ccc(C(=O)O)cc1)C(=O)O. The molecule has 18 nitrogen and oxygen atoms in total. The molecule has 0 aromatic heterocycles. The molecule has 0 unspecified atom stereocenters. The largest absolute Gasteiger partial charge is 0.494 e. The van der Waals surface area contributed by atoms with Crippen LogP contribution in [0.5, 0.6) is 5.75 Å². The number of nitrogens with one attached hydrogen (secondary N) is 4. The maximum Gasteiger partial charge on any atom is 0.335 e. The van der Waals surface area contributed by atoms with Crippen molar-refractivity contribution in [3.05, 3.63) is 29.8 Å². The van der Waals surface area contributed by atoms with Gasteiger partial charge >= 0.3 is 11.9 Å². The zero-order chi connectivity index (χ0) is 43.5. The molecule has 0 bridgehead atoms. The maximum atomic E-state index is 12.3. The van der Waals surface area contributed by atoms with Crippen LogP contribution in [0.3, 0.4) is 0 Å². The molecule has 10 N–H and O–H groups in total. The highest BCUT2D eigenvalue weighted by molar-refractivity contribution is 5.87. The second kappa shape index (κ2) is 34.2. The molecule has 1 aromatic rings. The highest BCUT2D eigenvalue weighted by atomic mass is 16.5. The zero-order valence-electron chi connectivity index (χ0n) is 34.4. The first-order chi connectivity index (χ1) is 28.4. The normalized spacial score (nSPS) is 12.4. The van der Waals surface area contributed by atoms with Crippen molar-refractivity contribution in [2.75, 3.05) is 52.7 Å². The molecule has 18 heteroatoms. The van der Waals surface area contributed by atoms with Crippen LogP contribution >= 0.6 is 0 Å². The van der Waals surface area contributed by atoms with Crippen LogP contribution < -0.4 is 37.5 Å². The molecule has 1 radical (unpaired) electrons. The van der Waals surface area contributed by atoms with Crippen LogP contribution in [0, 0.1) is 0 Å². The van der Waals surface area contributed by atoms with Crippen molar-refractivity contribution in [1.29, 1.82) is 0 Å². The van der Waals surface area contributed by atoms with Crippen molar-refractivity contribution in [3.63, 3.8) is 0 Å². The van der Waals surface area contributed by atoms with E-state index in [1.807, 2.05) is 0 Å². The van der Waals surface area contributed by atoms with Crippen molar-refractivity contribution >= 4 is 41.9 Å². The van der Waals surface area contributed by atoms with E-state index in [4.69, 9.17) is 30.8 Å². The lowest BCUT2D eigenvalue weighted by Crippen LogP contribution is -2.41. The topological polar surface area (TPSA) is 288 Å². The summed E-state index contributed by atoms with van der Waals surface area (Å²) >= 11 is 0. The number of amides is 4. The van der Waals surface area contributed by atoms with E-state index in [2.05, 4.69) is 21.3 Å². The summed E-state index contributed by atoms with van der Waals surface area (Å²) in [6.45, 7) is 2.07. The highest BCUT2D eigenvalue weighted by Crippen LogP contribution is 2.14. The van der Waals surface area contributed by atoms with Gasteiger partial charge in [-0.1, -0.05) is 38.5 Å². The van der Waals surface area contributed by atoms with E-state index in [0.29, 0.717) is 70.4 Å². The molecule has 4 amide bonds. The van der Waals surface area contributed by atoms with Crippen LogP contribution in [-0.2, 0) is 38.2 Å². The van der Waals surface area contributed by atoms with Gasteiger partial charge in [-0.15, -0.1) is 0 Å². The number of carbonyl (C=O) groups is 6. The fraction of sp³-hybridized carbons (Fsp3) is 0.683. The van der Waals surface area contributed by atoms with Crippen molar-refractivity contribution in [2.24, 2.45) is 11.5 Å². The van der Waals surface area contributed by atoms with E-state index >= 15 is 0 Å². The number of hydrogen-bond acceptors (Lipinski definition) is 12. The lowest BCUT2D eigenvalue weighted by molar-refractivity contribution is -0.142. The Morgan fingerprint density at radius 3 is 1.88 bits per heavy atom. The highest BCUT2D eigenvalue weighted by Gasteiger charge is 2.21. The average Bonchev–Trinajstić information content (AvgIpc) is 3.21. The van der Waals surface area contributed by atoms with Gasteiger partial charge in [0.15, 0.2) is 0 Å². The van der Waals surface area contributed by atoms with Gasteiger partial charge < -0.3 is 57.2 Å². The molecule has 59 heavy (non-hydrogen) atoms. The molecule has 0 fully saturated rings. The van der Waals surface area contributed by atoms with Gasteiger partial charge in [0.05, 0.1) is 44.1 Å². The van der Waals surface area contributed by atoms with Gasteiger partial charge in [0.2, 0.25) is 29.9 Å². The third kappa shape index (κ3) is 29.2. The summed E-state index contributed by atoms with van der Waals surface area (Å²) in [5, 5.41) is 29.1. The van der Waals surface area contributed by atoms with E-state index in [1.54, 1.807) is 18.4 Å². The molecule has 0 aliphatic heterocycles. The van der Waals surface area contributed by atoms with Crippen molar-refractivity contribution in [3.8, 4) is 5.75 Å². The number of carboxylic acid groups (broad SMARTS) is 2. The Labute approximate surface area is 347 Å². The number of benzene rings is 1. The Morgan fingerprint density at radius 2 is 1.22 bits per heavy atom. The summed E-state index contributed by atoms with van der Waals surface area (Å²) in [6.07, 6.45) is 13.1. The van der Waals surface area contributed by atoms with E-state index < -0.39 is 30.1 Å². The molecule has 0 saturated carbocycles. The molecule has 3 atom stereocenters. The first-order valence-corrected chi connectivity index (χ1v) is 20.8. The van der Waals surface area contributed by atoms with Crippen LogP contribution in [0.15, 0.2) is 24.3 Å². The monoisotopic (exact) mass is 835 g/mol. The number of ether oxygens (including phenoxy) is 3. The van der Waals surface area contributed by atoms with Gasteiger partial charge in [-0.3, -0.25) is 24.0 Å². The second-order valence-corrected chi connectivity index (χ2v) is 14.2. The van der Waals surface area contributed by atoms with Crippen LogP contribution in [0.1, 0.15) is 120 Å². The summed E-state index contributed by atoms with van der Waals surface area (Å²) < 4.78 is 16.3. The summed E-state index contributed by atoms with van der Waals surface area (Å²) in [5.74, 6) is -2.77. The first-order valence-electron chi connectivity index (χ1n) is 20.8. The molecule has 0 aliphatic rings. The van der Waals surface area contributed by atoms with Crippen LogP contribution in [0.2, 0.25) is 0 Å². The fourth-order valence-corrected chi connectivity index (χ4v) is 5.66. The maximum absolute atomic E-state index is 12.3. The number of carboxylic acids is 2. The van der Waals surface area contributed by atoms with E-state index in [0.717, 1.165) is 44.9 Å². The Hall–Kier alpha value is -4.65. The van der Waals surface area contributed by atoms with Crippen molar-refractivity contribution in [1.82, 2.24) is 21.3 Å². The summed E-state index contributed by atoms with van der Waals surface area (Å²) in [7, 11) is 0. The van der Waals surface area contributed by atoms with Gasteiger partial charge in [0.25, 0.3) is 0 Å². The summed E-state index contributed by atoms with van der Waals surface area (Å²) in [4.78, 5) is 81.5. The van der Waals surface area contributed by atoms with Gasteiger partial charge in [-0.05, 0) is 82.1 Å². The first kappa shape index (κ1) is 52.4. The molecule has 0 saturated heterocycles. The zero-order valence-corrected chi connectivity index (χ0v) is 34.4. The molecule has 0 heterocycles. The fourth-order valence-electron chi connectivity index (χ4n) is 5.66. The average molecular weight is 836 g/mol. The van der Waals surface area contributed by atoms with Gasteiger partial charge in [-0.2, -0.15) is 0 Å². The minimum absolute atomic E-state index is 0.0438. The Morgan fingerprint density at radius 1 is 0.610 bits per heavy atom. The Bertz CT molecular complexity index is 1370. The minimum atomic E-state index is -1.20. The molecular formula is C41H67N6O12. The third-order valence-electron chi connectivity index (χ3n) is 9.13. The molecule has 1 aromatic carbocycles. The van der Waals surface area contributed by atoms with Gasteiger partial charge in [0.1, 0.15) is 18.4 Å². The predicted molar refractivity (Wildman–Crippen MR) is 219 cm³/mol. The number of nitrogens with two attached hydrogens (primary N) is 2.